The Labute approximate surface area is 112 Å². The van der Waals surface area contributed by atoms with Gasteiger partial charge in [0, 0.05) is 16.9 Å². The summed E-state index contributed by atoms with van der Waals surface area (Å²) in [6.07, 6.45) is 5.17. The highest BCUT2D eigenvalue weighted by atomic mass is 79.9. The zero-order valence-electron chi connectivity index (χ0n) is 9.69. The predicted molar refractivity (Wildman–Crippen MR) is 69.9 cm³/mol. The van der Waals surface area contributed by atoms with Crippen LogP contribution in [-0.4, -0.2) is 26.7 Å². The first kappa shape index (κ1) is 13.1. The van der Waals surface area contributed by atoms with Crippen molar-refractivity contribution in [3.8, 4) is 0 Å². The molecule has 2 rings (SSSR count). The predicted octanol–water partition coefficient (Wildman–Crippen LogP) is 2.36. The van der Waals surface area contributed by atoms with Crippen LogP contribution in [0.25, 0.3) is 0 Å². The second-order valence-corrected chi connectivity index (χ2v) is 5.75. The molecule has 1 fully saturated rings. The molecule has 1 saturated carbocycles. The Bertz CT molecular complexity index is 452. The fourth-order valence-corrected chi connectivity index (χ4v) is 2.61. The van der Waals surface area contributed by atoms with Gasteiger partial charge < -0.3 is 10.3 Å². The van der Waals surface area contributed by atoms with Crippen LogP contribution in [0.2, 0.25) is 0 Å². The molecule has 18 heavy (non-hydrogen) atoms. The number of aromatic amines is 1. The maximum absolute atomic E-state index is 11.9. The van der Waals surface area contributed by atoms with E-state index >= 15 is 0 Å². The third-order valence-electron chi connectivity index (χ3n) is 3.12. The Morgan fingerprint density at radius 3 is 2.67 bits per heavy atom. The van der Waals surface area contributed by atoms with E-state index in [4.69, 9.17) is 0 Å². The number of halogens is 1. The van der Waals surface area contributed by atoms with Gasteiger partial charge in [-0.3, -0.25) is 14.9 Å². The van der Waals surface area contributed by atoms with Gasteiger partial charge in [0.05, 0.1) is 11.1 Å². The molecule has 1 aliphatic carbocycles. The third kappa shape index (κ3) is 3.10. The number of alkyl halides is 1. The number of nitrogens with zero attached hydrogens (tertiary/aromatic N) is 1. The van der Waals surface area contributed by atoms with E-state index in [1.165, 1.54) is 12.3 Å². The van der Waals surface area contributed by atoms with Crippen molar-refractivity contribution in [1.29, 1.82) is 0 Å². The first-order valence-corrected chi connectivity index (χ1v) is 6.75. The zero-order valence-corrected chi connectivity index (χ0v) is 11.3. The highest BCUT2D eigenvalue weighted by Gasteiger charge is 2.22. The van der Waals surface area contributed by atoms with Crippen molar-refractivity contribution < 1.29 is 9.72 Å². The molecule has 0 radical (unpaired) electrons. The second-order valence-electron chi connectivity index (χ2n) is 4.45. The summed E-state index contributed by atoms with van der Waals surface area (Å²) in [5, 5.41) is 13.4. The number of hydrogen-bond donors (Lipinski definition) is 2. The number of carbonyl (C=O) groups is 1. The second kappa shape index (κ2) is 5.51. The maximum Gasteiger partial charge on any atom is 0.287 e. The lowest BCUT2D eigenvalue weighted by Gasteiger charge is -2.25. The molecule has 0 spiro atoms. The number of H-pyrrole nitrogens is 1. The molecular formula is C11H14BrN3O3. The monoisotopic (exact) mass is 315 g/mol. The summed E-state index contributed by atoms with van der Waals surface area (Å²) >= 11 is 3.55. The molecule has 7 heteroatoms. The topological polar surface area (TPSA) is 88.0 Å². The van der Waals surface area contributed by atoms with E-state index in [1.807, 2.05) is 0 Å². The number of carbonyl (C=O) groups excluding carboxylic acids is 1. The van der Waals surface area contributed by atoms with Gasteiger partial charge in [0.1, 0.15) is 5.69 Å². The standard InChI is InChI=1S/C11H14BrN3O3/c12-7-1-3-8(4-2-7)14-11(16)10-5-9(6-13-10)15(17)18/h5-8,13H,1-4H2,(H,14,16). The number of hydrogen-bond acceptors (Lipinski definition) is 3. The first-order valence-electron chi connectivity index (χ1n) is 5.84. The van der Waals surface area contributed by atoms with Crippen LogP contribution in [0.3, 0.4) is 0 Å². The minimum atomic E-state index is -0.524. The van der Waals surface area contributed by atoms with Gasteiger partial charge in [0.25, 0.3) is 11.6 Å². The first-order chi connectivity index (χ1) is 8.56. The lowest BCUT2D eigenvalue weighted by atomic mass is 9.95. The molecule has 1 amide bonds. The molecular weight excluding hydrogens is 302 g/mol. The maximum atomic E-state index is 11.9. The largest absolute Gasteiger partial charge is 0.351 e. The van der Waals surface area contributed by atoms with Crippen molar-refractivity contribution in [2.24, 2.45) is 0 Å². The van der Waals surface area contributed by atoms with Crippen molar-refractivity contribution in [3.05, 3.63) is 28.1 Å². The third-order valence-corrected chi connectivity index (χ3v) is 4.03. The lowest BCUT2D eigenvalue weighted by Crippen LogP contribution is -2.37. The fraction of sp³-hybridized carbons (Fsp3) is 0.545. The van der Waals surface area contributed by atoms with Gasteiger partial charge in [-0.05, 0) is 25.7 Å². The van der Waals surface area contributed by atoms with Crippen LogP contribution >= 0.6 is 15.9 Å². The summed E-state index contributed by atoms with van der Waals surface area (Å²) in [5.74, 6) is -0.277. The van der Waals surface area contributed by atoms with Gasteiger partial charge in [0.2, 0.25) is 0 Å². The molecule has 1 heterocycles. The SMILES string of the molecule is O=C(NC1CCC(Br)CC1)c1cc([N+](=O)[O-])c[nH]1. The van der Waals surface area contributed by atoms with Crippen molar-refractivity contribution in [1.82, 2.24) is 10.3 Å². The molecule has 1 aliphatic rings. The van der Waals surface area contributed by atoms with Crippen LogP contribution in [0.1, 0.15) is 36.2 Å². The molecule has 0 aliphatic heterocycles. The summed E-state index contributed by atoms with van der Waals surface area (Å²) in [7, 11) is 0. The number of rotatable bonds is 3. The highest BCUT2D eigenvalue weighted by Crippen LogP contribution is 2.24. The van der Waals surface area contributed by atoms with E-state index < -0.39 is 4.92 Å². The molecule has 1 aromatic rings. The van der Waals surface area contributed by atoms with Crippen molar-refractivity contribution >= 4 is 27.5 Å². The quantitative estimate of drug-likeness (QED) is 0.510. The Hall–Kier alpha value is -1.37. The molecule has 6 nitrogen and oxygen atoms in total. The number of nitro groups is 1. The Morgan fingerprint density at radius 1 is 1.44 bits per heavy atom. The van der Waals surface area contributed by atoms with Gasteiger partial charge in [-0.25, -0.2) is 0 Å². The minimum Gasteiger partial charge on any atom is -0.351 e. The average Bonchev–Trinajstić information content (AvgIpc) is 2.81. The van der Waals surface area contributed by atoms with E-state index in [2.05, 4.69) is 26.2 Å². The van der Waals surface area contributed by atoms with Crippen LogP contribution in [0, 0.1) is 10.1 Å². The smallest absolute Gasteiger partial charge is 0.287 e. The van der Waals surface area contributed by atoms with Crippen LogP contribution in [0.4, 0.5) is 5.69 Å². The number of aromatic nitrogens is 1. The summed E-state index contributed by atoms with van der Waals surface area (Å²) in [6.45, 7) is 0. The Balaban J connectivity index is 1.93. The van der Waals surface area contributed by atoms with Gasteiger partial charge in [-0.1, -0.05) is 15.9 Å². The van der Waals surface area contributed by atoms with Gasteiger partial charge in [-0.15, -0.1) is 0 Å². The molecule has 1 aromatic heterocycles. The van der Waals surface area contributed by atoms with Gasteiger partial charge >= 0.3 is 0 Å². The molecule has 0 atom stereocenters. The summed E-state index contributed by atoms with van der Waals surface area (Å²) < 4.78 is 0. The summed E-state index contributed by atoms with van der Waals surface area (Å²) in [4.78, 5) is 25.0. The molecule has 0 bridgehead atoms. The highest BCUT2D eigenvalue weighted by molar-refractivity contribution is 9.09. The Kier molecular flexibility index (Phi) is 4.00. The molecule has 0 unspecified atom stereocenters. The minimum absolute atomic E-state index is 0.0932. The van der Waals surface area contributed by atoms with E-state index in [9.17, 15) is 14.9 Å². The van der Waals surface area contributed by atoms with Crippen LogP contribution in [0.5, 0.6) is 0 Å². The van der Waals surface area contributed by atoms with Crippen molar-refractivity contribution in [2.75, 3.05) is 0 Å². The molecule has 0 aromatic carbocycles. The molecule has 0 saturated heterocycles. The van der Waals surface area contributed by atoms with E-state index in [1.54, 1.807) is 0 Å². The molecule has 2 N–H and O–H groups in total. The van der Waals surface area contributed by atoms with Gasteiger partial charge in [-0.2, -0.15) is 0 Å². The normalized spacial score (nSPS) is 23.6. The fourth-order valence-electron chi connectivity index (χ4n) is 2.08. The molecule has 98 valence electrons. The summed E-state index contributed by atoms with van der Waals surface area (Å²) in [5.41, 5.74) is 0.145. The Morgan fingerprint density at radius 2 is 2.11 bits per heavy atom. The van der Waals surface area contributed by atoms with Crippen molar-refractivity contribution in [3.63, 3.8) is 0 Å². The van der Waals surface area contributed by atoms with Crippen molar-refractivity contribution in [2.45, 2.75) is 36.6 Å². The van der Waals surface area contributed by atoms with Gasteiger partial charge in [0.15, 0.2) is 0 Å². The zero-order chi connectivity index (χ0) is 13.1. The van der Waals surface area contributed by atoms with Crippen LogP contribution < -0.4 is 5.32 Å². The van der Waals surface area contributed by atoms with E-state index in [0.29, 0.717) is 4.83 Å². The van der Waals surface area contributed by atoms with Crippen LogP contribution in [0.15, 0.2) is 12.3 Å². The average molecular weight is 316 g/mol. The van der Waals surface area contributed by atoms with E-state index in [-0.39, 0.29) is 23.3 Å². The summed E-state index contributed by atoms with van der Waals surface area (Å²) in [6, 6.07) is 1.42. The van der Waals surface area contributed by atoms with E-state index in [0.717, 1.165) is 25.7 Å². The lowest BCUT2D eigenvalue weighted by molar-refractivity contribution is -0.384. The van der Waals surface area contributed by atoms with Crippen LogP contribution in [-0.2, 0) is 0 Å². The number of amides is 1. The number of nitrogens with one attached hydrogen (secondary N) is 2.